The number of hydrogen-bond donors (Lipinski definition) is 1. The molecule has 0 saturated heterocycles. The van der Waals surface area contributed by atoms with Gasteiger partial charge in [-0.05, 0) is 25.1 Å². The molecule has 2 rings (SSSR count). The second kappa shape index (κ2) is 4.55. The van der Waals surface area contributed by atoms with Crippen LogP contribution in [0.3, 0.4) is 0 Å². The molecule has 0 atom stereocenters. The number of benzene rings is 1. The monoisotopic (exact) mass is 254 g/mol. The number of halogens is 2. The minimum absolute atomic E-state index is 0.0564. The van der Waals surface area contributed by atoms with E-state index in [1.807, 2.05) is 0 Å². The molecule has 2 aromatic rings. The zero-order chi connectivity index (χ0) is 12.4. The van der Waals surface area contributed by atoms with Crippen molar-refractivity contribution in [1.82, 2.24) is 5.16 Å². The minimum Gasteiger partial charge on any atom is -0.361 e. The summed E-state index contributed by atoms with van der Waals surface area (Å²) in [6.07, 6.45) is 0. The van der Waals surface area contributed by atoms with Crippen LogP contribution >= 0.6 is 11.6 Å². The summed E-state index contributed by atoms with van der Waals surface area (Å²) in [6.45, 7) is 1.68. The fraction of sp³-hybridized carbons (Fsp3) is 0.0909. The maximum absolute atomic E-state index is 12.9. The number of anilines is 1. The first-order valence-electron chi connectivity index (χ1n) is 4.76. The highest BCUT2D eigenvalue weighted by molar-refractivity contribution is 6.31. The fourth-order valence-electron chi connectivity index (χ4n) is 1.24. The lowest BCUT2D eigenvalue weighted by atomic mass is 10.3. The van der Waals surface area contributed by atoms with Crippen LogP contribution in [0.25, 0.3) is 0 Å². The summed E-state index contributed by atoms with van der Waals surface area (Å²) >= 11 is 5.59. The van der Waals surface area contributed by atoms with Crippen LogP contribution < -0.4 is 5.32 Å². The van der Waals surface area contributed by atoms with Crippen LogP contribution in [0.2, 0.25) is 5.02 Å². The van der Waals surface area contributed by atoms with Gasteiger partial charge in [-0.1, -0.05) is 16.8 Å². The summed E-state index contributed by atoms with van der Waals surface area (Å²) < 4.78 is 17.7. The Morgan fingerprint density at radius 1 is 1.47 bits per heavy atom. The summed E-state index contributed by atoms with van der Waals surface area (Å²) in [5, 5.41) is 6.03. The highest BCUT2D eigenvalue weighted by atomic mass is 35.5. The van der Waals surface area contributed by atoms with Crippen molar-refractivity contribution < 1.29 is 13.7 Å². The molecule has 1 aromatic heterocycles. The van der Waals surface area contributed by atoms with Crippen LogP contribution in [0.4, 0.5) is 10.1 Å². The van der Waals surface area contributed by atoms with Crippen molar-refractivity contribution in [3.05, 3.63) is 46.6 Å². The van der Waals surface area contributed by atoms with Crippen LogP contribution in [-0.4, -0.2) is 11.1 Å². The van der Waals surface area contributed by atoms with Gasteiger partial charge < -0.3 is 9.84 Å². The molecule has 1 amide bonds. The first kappa shape index (κ1) is 11.6. The van der Waals surface area contributed by atoms with Gasteiger partial charge in [0.05, 0.1) is 5.02 Å². The smallest absolute Gasteiger partial charge is 0.277 e. The lowest BCUT2D eigenvalue weighted by Gasteiger charge is -2.03. The number of aromatic nitrogens is 1. The molecule has 1 heterocycles. The maximum atomic E-state index is 12.9. The topological polar surface area (TPSA) is 55.1 Å². The molecule has 0 aliphatic carbocycles. The standard InChI is InChI=1S/C11H8ClFN2O2/c1-6-4-10(15-17-6)11(16)14-7-2-3-9(13)8(12)5-7/h2-5H,1H3,(H,14,16). The highest BCUT2D eigenvalue weighted by Gasteiger charge is 2.11. The van der Waals surface area contributed by atoms with Gasteiger partial charge in [-0.2, -0.15) is 0 Å². The Morgan fingerprint density at radius 3 is 2.82 bits per heavy atom. The van der Waals surface area contributed by atoms with Gasteiger partial charge >= 0.3 is 0 Å². The number of nitrogens with one attached hydrogen (secondary N) is 1. The van der Waals surface area contributed by atoms with Gasteiger partial charge in [0.25, 0.3) is 5.91 Å². The highest BCUT2D eigenvalue weighted by Crippen LogP contribution is 2.19. The number of aryl methyl sites for hydroxylation is 1. The quantitative estimate of drug-likeness (QED) is 0.896. The van der Waals surface area contributed by atoms with Crippen molar-refractivity contribution in [2.45, 2.75) is 6.92 Å². The van der Waals surface area contributed by atoms with Gasteiger partial charge in [-0.15, -0.1) is 0 Å². The van der Waals surface area contributed by atoms with Crippen LogP contribution in [0.15, 0.2) is 28.8 Å². The van der Waals surface area contributed by atoms with E-state index in [2.05, 4.69) is 10.5 Å². The molecule has 6 heteroatoms. The number of carbonyl (C=O) groups is 1. The third-order valence-electron chi connectivity index (χ3n) is 2.04. The molecular formula is C11H8ClFN2O2. The zero-order valence-corrected chi connectivity index (χ0v) is 9.58. The van der Waals surface area contributed by atoms with Gasteiger partial charge in [0.15, 0.2) is 5.69 Å². The summed E-state index contributed by atoms with van der Waals surface area (Å²) in [5.41, 5.74) is 0.546. The molecule has 0 bridgehead atoms. The lowest BCUT2D eigenvalue weighted by Crippen LogP contribution is -2.12. The van der Waals surface area contributed by atoms with Gasteiger partial charge in [-0.3, -0.25) is 4.79 Å². The minimum atomic E-state index is -0.540. The van der Waals surface area contributed by atoms with Crippen molar-refractivity contribution in [3.8, 4) is 0 Å². The Labute approximate surface area is 101 Å². The summed E-state index contributed by atoms with van der Waals surface area (Å²) in [5.74, 6) is -0.446. The number of rotatable bonds is 2. The lowest BCUT2D eigenvalue weighted by molar-refractivity contribution is 0.101. The van der Waals surface area contributed by atoms with E-state index in [0.29, 0.717) is 11.4 Å². The van der Waals surface area contributed by atoms with Crippen molar-refractivity contribution >= 4 is 23.2 Å². The Morgan fingerprint density at radius 2 is 2.24 bits per heavy atom. The molecule has 0 saturated carbocycles. The van der Waals surface area contributed by atoms with E-state index >= 15 is 0 Å². The van der Waals surface area contributed by atoms with Crippen LogP contribution in [-0.2, 0) is 0 Å². The van der Waals surface area contributed by atoms with Crippen LogP contribution in [0, 0.1) is 12.7 Å². The fourth-order valence-corrected chi connectivity index (χ4v) is 1.42. The van der Waals surface area contributed by atoms with E-state index in [9.17, 15) is 9.18 Å². The molecule has 0 fully saturated rings. The average molecular weight is 255 g/mol. The number of amides is 1. The number of carbonyl (C=O) groups excluding carboxylic acids is 1. The largest absolute Gasteiger partial charge is 0.361 e. The van der Waals surface area contributed by atoms with E-state index in [0.717, 1.165) is 0 Å². The maximum Gasteiger partial charge on any atom is 0.277 e. The molecule has 0 aliphatic rings. The summed E-state index contributed by atoms with van der Waals surface area (Å²) in [7, 11) is 0. The Balaban J connectivity index is 2.15. The molecule has 1 aromatic carbocycles. The molecule has 0 radical (unpaired) electrons. The van der Waals surface area contributed by atoms with Gasteiger partial charge in [0.1, 0.15) is 11.6 Å². The zero-order valence-electron chi connectivity index (χ0n) is 8.83. The average Bonchev–Trinajstić information content (AvgIpc) is 2.70. The summed E-state index contributed by atoms with van der Waals surface area (Å²) in [6, 6.07) is 5.40. The van der Waals surface area contributed by atoms with Gasteiger partial charge in [-0.25, -0.2) is 4.39 Å². The second-order valence-corrected chi connectivity index (χ2v) is 3.81. The third kappa shape index (κ3) is 2.62. The SMILES string of the molecule is Cc1cc(C(=O)Nc2ccc(F)c(Cl)c2)no1. The number of nitrogens with zero attached hydrogens (tertiary/aromatic N) is 1. The normalized spacial score (nSPS) is 10.3. The second-order valence-electron chi connectivity index (χ2n) is 3.41. The first-order valence-corrected chi connectivity index (χ1v) is 5.14. The Kier molecular flexibility index (Phi) is 3.10. The molecule has 0 spiro atoms. The van der Waals surface area contributed by atoms with Gasteiger partial charge in [0.2, 0.25) is 0 Å². The third-order valence-corrected chi connectivity index (χ3v) is 2.33. The van der Waals surface area contributed by atoms with Crippen molar-refractivity contribution in [3.63, 3.8) is 0 Å². The molecule has 1 N–H and O–H groups in total. The predicted molar refractivity (Wildman–Crippen MR) is 60.6 cm³/mol. The van der Waals surface area contributed by atoms with Crippen molar-refractivity contribution in [2.75, 3.05) is 5.32 Å². The van der Waals surface area contributed by atoms with Crippen LogP contribution in [0.1, 0.15) is 16.2 Å². The van der Waals surface area contributed by atoms with E-state index in [4.69, 9.17) is 16.1 Å². The number of hydrogen-bond acceptors (Lipinski definition) is 3. The Hall–Kier alpha value is -1.88. The van der Waals surface area contributed by atoms with E-state index < -0.39 is 11.7 Å². The molecule has 88 valence electrons. The molecule has 17 heavy (non-hydrogen) atoms. The van der Waals surface area contributed by atoms with E-state index in [1.54, 1.807) is 6.92 Å². The Bertz CT molecular complexity index is 568. The predicted octanol–water partition coefficient (Wildman–Crippen LogP) is 3.03. The first-order chi connectivity index (χ1) is 8.06. The van der Waals surface area contributed by atoms with Crippen molar-refractivity contribution in [1.29, 1.82) is 0 Å². The van der Waals surface area contributed by atoms with Gasteiger partial charge in [0, 0.05) is 11.8 Å². The van der Waals surface area contributed by atoms with E-state index in [1.165, 1.54) is 24.3 Å². The van der Waals surface area contributed by atoms with Crippen LogP contribution in [0.5, 0.6) is 0 Å². The summed E-state index contributed by atoms with van der Waals surface area (Å²) in [4.78, 5) is 11.7. The molecule has 0 aliphatic heterocycles. The molecule has 0 unspecified atom stereocenters. The molecule has 4 nitrogen and oxygen atoms in total. The van der Waals surface area contributed by atoms with Crippen molar-refractivity contribution in [2.24, 2.45) is 0 Å². The van der Waals surface area contributed by atoms with E-state index in [-0.39, 0.29) is 10.7 Å². The molecular weight excluding hydrogens is 247 g/mol.